The van der Waals surface area contributed by atoms with Gasteiger partial charge >= 0.3 is 0 Å². The Bertz CT molecular complexity index is 811. The molecule has 0 saturated carbocycles. The highest BCUT2D eigenvalue weighted by Gasteiger charge is 2.31. The van der Waals surface area contributed by atoms with Crippen LogP contribution in [-0.4, -0.2) is 66.8 Å². The Morgan fingerprint density at radius 1 is 1.00 bits per heavy atom. The number of allylic oxidation sites excluding steroid dienone is 1. The van der Waals surface area contributed by atoms with Crippen LogP contribution in [0.5, 0.6) is 0 Å². The molecular weight excluding hydrogens is 368 g/mol. The van der Waals surface area contributed by atoms with E-state index in [1.165, 1.54) is 0 Å². The van der Waals surface area contributed by atoms with Gasteiger partial charge < -0.3 is 14.5 Å². The van der Waals surface area contributed by atoms with Crippen LogP contribution in [0.3, 0.4) is 0 Å². The van der Waals surface area contributed by atoms with E-state index >= 15 is 0 Å². The third-order valence-corrected chi connectivity index (χ3v) is 6.19. The highest BCUT2D eigenvalue weighted by Crippen LogP contribution is 2.33. The van der Waals surface area contributed by atoms with Gasteiger partial charge in [-0.1, -0.05) is 30.3 Å². The van der Waals surface area contributed by atoms with Crippen LogP contribution in [0.4, 0.5) is 0 Å². The lowest BCUT2D eigenvalue weighted by Gasteiger charge is -2.24. The Kier molecular flexibility index (Phi) is 6.09. The Balaban J connectivity index is 1.40. The molecule has 29 heavy (non-hydrogen) atoms. The summed E-state index contributed by atoms with van der Waals surface area (Å²) < 4.78 is 5.34. The predicted molar refractivity (Wildman–Crippen MR) is 109 cm³/mol. The minimum atomic E-state index is -0.0352. The van der Waals surface area contributed by atoms with Gasteiger partial charge in [-0.2, -0.15) is 0 Å². The lowest BCUT2D eigenvalue weighted by molar-refractivity contribution is -0.136. The van der Waals surface area contributed by atoms with E-state index in [1.54, 1.807) is 0 Å². The van der Waals surface area contributed by atoms with Crippen molar-refractivity contribution in [2.45, 2.75) is 32.1 Å². The van der Waals surface area contributed by atoms with Crippen molar-refractivity contribution in [1.82, 2.24) is 9.80 Å². The number of ether oxygens (including phenoxy) is 1. The number of carbonyl (C=O) groups is 3. The van der Waals surface area contributed by atoms with Gasteiger partial charge in [0.15, 0.2) is 5.78 Å². The molecule has 0 N–H and O–H groups in total. The molecule has 6 nitrogen and oxygen atoms in total. The molecule has 1 aliphatic carbocycles. The molecule has 4 rings (SSSR count). The molecule has 1 aromatic carbocycles. The molecule has 2 aliphatic heterocycles. The summed E-state index contributed by atoms with van der Waals surface area (Å²) in [6.07, 6.45) is 2.91. The summed E-state index contributed by atoms with van der Waals surface area (Å²) in [5.41, 5.74) is 2.71. The van der Waals surface area contributed by atoms with Gasteiger partial charge in [-0.3, -0.25) is 14.4 Å². The predicted octanol–water partition coefficient (Wildman–Crippen LogP) is 2.29. The Morgan fingerprint density at radius 2 is 1.76 bits per heavy atom. The third kappa shape index (κ3) is 4.42. The Labute approximate surface area is 171 Å². The van der Waals surface area contributed by atoms with E-state index in [4.69, 9.17) is 4.74 Å². The summed E-state index contributed by atoms with van der Waals surface area (Å²) in [4.78, 5) is 41.8. The molecular formula is C23H28N2O4. The zero-order valence-corrected chi connectivity index (χ0v) is 16.8. The van der Waals surface area contributed by atoms with Crippen LogP contribution in [0, 0.1) is 5.92 Å². The minimum Gasteiger partial charge on any atom is -0.381 e. The summed E-state index contributed by atoms with van der Waals surface area (Å²) in [5.74, 6) is 0.191. The van der Waals surface area contributed by atoms with Gasteiger partial charge in [0.05, 0.1) is 18.9 Å². The van der Waals surface area contributed by atoms with E-state index in [-0.39, 0.29) is 29.9 Å². The van der Waals surface area contributed by atoms with Gasteiger partial charge in [-0.25, -0.2) is 0 Å². The molecule has 0 radical (unpaired) electrons. The van der Waals surface area contributed by atoms with Crippen molar-refractivity contribution in [3.8, 4) is 0 Å². The zero-order chi connectivity index (χ0) is 20.2. The summed E-state index contributed by atoms with van der Waals surface area (Å²) in [7, 11) is 0. The lowest BCUT2D eigenvalue weighted by atomic mass is 9.99. The van der Waals surface area contributed by atoms with E-state index in [1.807, 2.05) is 40.1 Å². The van der Waals surface area contributed by atoms with Gasteiger partial charge in [0.2, 0.25) is 11.8 Å². The first-order chi connectivity index (χ1) is 14.1. The van der Waals surface area contributed by atoms with Gasteiger partial charge in [0.25, 0.3) is 0 Å². The van der Waals surface area contributed by atoms with Crippen LogP contribution in [0.25, 0.3) is 5.57 Å². The zero-order valence-electron chi connectivity index (χ0n) is 16.8. The van der Waals surface area contributed by atoms with E-state index in [9.17, 15) is 14.4 Å². The third-order valence-electron chi connectivity index (χ3n) is 6.19. The van der Waals surface area contributed by atoms with Crippen molar-refractivity contribution >= 4 is 23.2 Å². The van der Waals surface area contributed by atoms with E-state index < -0.39 is 0 Å². The van der Waals surface area contributed by atoms with Crippen LogP contribution >= 0.6 is 0 Å². The highest BCUT2D eigenvalue weighted by atomic mass is 16.5. The number of benzene rings is 1. The molecule has 0 aromatic heterocycles. The first kappa shape index (κ1) is 19.8. The monoisotopic (exact) mass is 396 g/mol. The number of rotatable bonds is 4. The summed E-state index contributed by atoms with van der Waals surface area (Å²) in [5, 5.41) is 0. The van der Waals surface area contributed by atoms with Crippen molar-refractivity contribution in [1.29, 1.82) is 0 Å². The van der Waals surface area contributed by atoms with Crippen molar-refractivity contribution < 1.29 is 19.1 Å². The van der Waals surface area contributed by atoms with E-state index in [0.29, 0.717) is 57.8 Å². The molecule has 1 atom stereocenters. The largest absolute Gasteiger partial charge is 0.381 e. The smallest absolute Gasteiger partial charge is 0.228 e. The average molecular weight is 396 g/mol. The maximum absolute atomic E-state index is 13.0. The van der Waals surface area contributed by atoms with Gasteiger partial charge in [0.1, 0.15) is 0 Å². The number of hydrogen-bond donors (Lipinski definition) is 0. The Hall–Kier alpha value is -2.47. The second-order valence-corrected chi connectivity index (χ2v) is 8.04. The fraction of sp³-hybridized carbons (Fsp3) is 0.522. The van der Waals surface area contributed by atoms with E-state index in [2.05, 4.69) is 0 Å². The van der Waals surface area contributed by atoms with E-state index in [0.717, 1.165) is 24.0 Å². The quantitative estimate of drug-likeness (QED) is 0.783. The number of ketones is 1. The van der Waals surface area contributed by atoms with Crippen molar-refractivity contribution in [2.24, 2.45) is 5.92 Å². The molecule has 2 saturated heterocycles. The first-order valence-electron chi connectivity index (χ1n) is 10.6. The lowest BCUT2D eigenvalue weighted by Crippen LogP contribution is -2.40. The van der Waals surface area contributed by atoms with Gasteiger partial charge in [-0.15, -0.1) is 0 Å². The fourth-order valence-corrected chi connectivity index (χ4v) is 4.51. The Morgan fingerprint density at radius 3 is 2.52 bits per heavy atom. The average Bonchev–Trinajstić information content (AvgIpc) is 3.32. The number of Topliss-reactive ketones (excluding diaryl/α,β-unsaturated/α-hetero) is 1. The van der Waals surface area contributed by atoms with Crippen LogP contribution in [-0.2, 0) is 19.1 Å². The molecule has 1 aromatic rings. The first-order valence-corrected chi connectivity index (χ1v) is 10.6. The molecule has 6 heteroatoms. The van der Waals surface area contributed by atoms with Crippen LogP contribution in [0.15, 0.2) is 35.9 Å². The van der Waals surface area contributed by atoms with Crippen molar-refractivity contribution in [3.05, 3.63) is 41.5 Å². The number of amides is 2. The molecule has 3 aliphatic rings. The van der Waals surface area contributed by atoms with Gasteiger partial charge in [-0.05, 0) is 30.4 Å². The molecule has 2 fully saturated rings. The topological polar surface area (TPSA) is 66.9 Å². The number of nitrogens with zero attached hydrogens (tertiary/aromatic N) is 2. The molecule has 2 amide bonds. The normalized spacial score (nSPS) is 22.9. The SMILES string of the molecule is O=C1CCC(c2ccccc2)=C1CC(=O)N1CCCN(C(=O)C2CCOC2)CC1. The molecule has 0 spiro atoms. The molecule has 1 unspecified atom stereocenters. The number of carbonyl (C=O) groups excluding carboxylic acids is 3. The highest BCUT2D eigenvalue weighted by molar-refractivity contribution is 6.10. The standard InChI is InChI=1S/C23H28N2O4/c26-21-8-7-19(17-5-2-1-3-6-17)20(21)15-22(27)24-10-4-11-25(13-12-24)23(28)18-9-14-29-16-18/h1-3,5-6,18H,4,7-16H2. The summed E-state index contributed by atoms with van der Waals surface area (Å²) in [6, 6.07) is 9.87. The van der Waals surface area contributed by atoms with Crippen LogP contribution < -0.4 is 0 Å². The second kappa shape index (κ2) is 8.91. The second-order valence-electron chi connectivity index (χ2n) is 8.04. The van der Waals surface area contributed by atoms with Crippen molar-refractivity contribution in [3.63, 3.8) is 0 Å². The molecule has 2 heterocycles. The fourth-order valence-electron chi connectivity index (χ4n) is 4.51. The van der Waals surface area contributed by atoms with Crippen LogP contribution in [0.2, 0.25) is 0 Å². The maximum Gasteiger partial charge on any atom is 0.228 e. The molecule has 0 bridgehead atoms. The maximum atomic E-state index is 13.0. The summed E-state index contributed by atoms with van der Waals surface area (Å²) in [6.45, 7) is 3.56. The van der Waals surface area contributed by atoms with Crippen molar-refractivity contribution in [2.75, 3.05) is 39.4 Å². The number of hydrogen-bond acceptors (Lipinski definition) is 4. The minimum absolute atomic E-state index is 0.0119. The van der Waals surface area contributed by atoms with Gasteiger partial charge in [0, 0.05) is 44.8 Å². The summed E-state index contributed by atoms with van der Waals surface area (Å²) >= 11 is 0. The van der Waals surface area contributed by atoms with Crippen LogP contribution in [0.1, 0.15) is 37.7 Å². The molecule has 154 valence electrons.